The molecule has 4 amide bonds. The Balaban J connectivity index is 2.01. The normalized spacial score (nSPS) is 25.9. The molecule has 1 atom stereocenters. The lowest BCUT2D eigenvalue weighted by Crippen LogP contribution is -2.44. The van der Waals surface area contributed by atoms with Crippen LogP contribution in [0.1, 0.15) is 19.8 Å². The SMILES string of the molecule is CCC1(C(=O)O)CCN(C(=O)CN2C(=O)CN(C)C2=O)C1. The molecule has 21 heavy (non-hydrogen) atoms. The van der Waals surface area contributed by atoms with Crippen LogP contribution in [0.25, 0.3) is 0 Å². The summed E-state index contributed by atoms with van der Waals surface area (Å²) in [7, 11) is 1.49. The quantitative estimate of drug-likeness (QED) is 0.712. The maximum Gasteiger partial charge on any atom is 0.327 e. The minimum Gasteiger partial charge on any atom is -0.481 e. The molecule has 0 aliphatic carbocycles. The van der Waals surface area contributed by atoms with E-state index in [4.69, 9.17) is 0 Å². The lowest BCUT2D eigenvalue weighted by molar-refractivity contribution is -0.149. The summed E-state index contributed by atoms with van der Waals surface area (Å²) < 4.78 is 0. The van der Waals surface area contributed by atoms with Gasteiger partial charge in [0.05, 0.1) is 5.41 Å². The Hall–Kier alpha value is -2.12. The van der Waals surface area contributed by atoms with Gasteiger partial charge in [-0.15, -0.1) is 0 Å². The molecule has 0 aromatic heterocycles. The monoisotopic (exact) mass is 297 g/mol. The van der Waals surface area contributed by atoms with Gasteiger partial charge in [0.15, 0.2) is 0 Å². The Kier molecular flexibility index (Phi) is 3.89. The molecule has 2 aliphatic rings. The number of amides is 4. The molecule has 0 bridgehead atoms. The van der Waals surface area contributed by atoms with Gasteiger partial charge in [0, 0.05) is 20.1 Å². The first-order chi connectivity index (χ1) is 9.80. The highest BCUT2D eigenvalue weighted by Crippen LogP contribution is 2.34. The second kappa shape index (κ2) is 5.34. The maximum atomic E-state index is 12.2. The van der Waals surface area contributed by atoms with Crippen LogP contribution in [-0.4, -0.2) is 76.8 Å². The standard InChI is InChI=1S/C13H19N3O5/c1-3-13(11(19)20)4-5-15(8-13)9(17)7-16-10(18)6-14(2)12(16)21/h3-8H2,1-2H3,(H,19,20). The van der Waals surface area contributed by atoms with Crippen molar-refractivity contribution in [3.05, 3.63) is 0 Å². The fourth-order valence-electron chi connectivity index (χ4n) is 2.76. The van der Waals surface area contributed by atoms with Crippen LogP contribution < -0.4 is 0 Å². The molecule has 116 valence electrons. The topological polar surface area (TPSA) is 98.2 Å². The van der Waals surface area contributed by atoms with E-state index in [1.165, 1.54) is 16.8 Å². The smallest absolute Gasteiger partial charge is 0.327 e. The third-order valence-electron chi connectivity index (χ3n) is 4.36. The number of likely N-dealkylation sites (N-methyl/N-ethyl adjacent to an activating group) is 1. The fraction of sp³-hybridized carbons (Fsp3) is 0.692. The van der Waals surface area contributed by atoms with E-state index in [1.807, 2.05) is 0 Å². The van der Waals surface area contributed by atoms with Crippen LogP contribution in [0.2, 0.25) is 0 Å². The van der Waals surface area contributed by atoms with E-state index in [-0.39, 0.29) is 25.5 Å². The Labute approximate surface area is 122 Å². The van der Waals surface area contributed by atoms with Gasteiger partial charge in [-0.3, -0.25) is 19.3 Å². The van der Waals surface area contributed by atoms with E-state index in [0.717, 1.165) is 4.90 Å². The lowest BCUT2D eigenvalue weighted by atomic mass is 9.84. The van der Waals surface area contributed by atoms with Crippen LogP contribution in [0.3, 0.4) is 0 Å². The number of hydrogen-bond donors (Lipinski definition) is 1. The van der Waals surface area contributed by atoms with E-state index in [9.17, 15) is 24.3 Å². The number of carbonyl (C=O) groups is 4. The first-order valence-corrected chi connectivity index (χ1v) is 6.87. The van der Waals surface area contributed by atoms with Gasteiger partial charge >= 0.3 is 12.0 Å². The summed E-state index contributed by atoms with van der Waals surface area (Å²) in [6.45, 7) is 1.90. The first-order valence-electron chi connectivity index (χ1n) is 6.87. The molecule has 0 saturated carbocycles. The average molecular weight is 297 g/mol. The zero-order valence-electron chi connectivity index (χ0n) is 12.2. The number of rotatable bonds is 4. The van der Waals surface area contributed by atoms with Crippen LogP contribution >= 0.6 is 0 Å². The van der Waals surface area contributed by atoms with Gasteiger partial charge in [-0.05, 0) is 12.8 Å². The van der Waals surface area contributed by atoms with Gasteiger partial charge in [-0.2, -0.15) is 0 Å². The van der Waals surface area contributed by atoms with Crippen molar-refractivity contribution in [2.24, 2.45) is 5.41 Å². The number of urea groups is 1. The summed E-state index contributed by atoms with van der Waals surface area (Å²) in [5.41, 5.74) is -0.911. The van der Waals surface area contributed by atoms with Crippen molar-refractivity contribution in [1.82, 2.24) is 14.7 Å². The minimum atomic E-state index is -0.911. The summed E-state index contributed by atoms with van der Waals surface area (Å²) in [6.07, 6.45) is 0.836. The summed E-state index contributed by atoms with van der Waals surface area (Å²) in [5, 5.41) is 9.30. The molecule has 2 fully saturated rings. The third-order valence-corrected chi connectivity index (χ3v) is 4.36. The highest BCUT2D eigenvalue weighted by Gasteiger charge is 2.45. The van der Waals surface area contributed by atoms with Gasteiger partial charge in [0.2, 0.25) is 5.91 Å². The Morgan fingerprint density at radius 1 is 1.33 bits per heavy atom. The molecule has 2 saturated heterocycles. The molecule has 0 spiro atoms. The zero-order valence-corrected chi connectivity index (χ0v) is 12.2. The molecule has 0 aromatic carbocycles. The maximum absolute atomic E-state index is 12.2. The molecule has 0 radical (unpaired) electrons. The summed E-state index contributed by atoms with van der Waals surface area (Å²) in [6, 6.07) is -0.493. The minimum absolute atomic E-state index is 0.0276. The molecule has 2 heterocycles. The molecule has 8 nitrogen and oxygen atoms in total. The van der Waals surface area contributed by atoms with Crippen LogP contribution in [0.4, 0.5) is 4.79 Å². The fourth-order valence-corrected chi connectivity index (χ4v) is 2.76. The van der Waals surface area contributed by atoms with Crippen molar-refractivity contribution in [3.8, 4) is 0 Å². The predicted octanol–water partition coefficient (Wildman–Crippen LogP) is -0.406. The number of likely N-dealkylation sites (tertiary alicyclic amines) is 1. The summed E-state index contributed by atoms with van der Waals surface area (Å²) >= 11 is 0. The second-order valence-corrected chi connectivity index (χ2v) is 5.62. The first kappa shape index (κ1) is 15.3. The average Bonchev–Trinajstić information content (AvgIpc) is 2.97. The van der Waals surface area contributed by atoms with E-state index in [0.29, 0.717) is 19.4 Å². The van der Waals surface area contributed by atoms with Crippen molar-refractivity contribution in [3.63, 3.8) is 0 Å². The largest absolute Gasteiger partial charge is 0.481 e. The number of aliphatic carboxylic acids is 1. The van der Waals surface area contributed by atoms with Crippen LogP contribution in [-0.2, 0) is 14.4 Å². The van der Waals surface area contributed by atoms with Gasteiger partial charge in [-0.1, -0.05) is 6.92 Å². The molecular formula is C13H19N3O5. The molecule has 8 heteroatoms. The molecule has 2 aliphatic heterocycles. The van der Waals surface area contributed by atoms with E-state index >= 15 is 0 Å². The number of carboxylic acid groups (broad SMARTS) is 1. The number of imide groups is 1. The van der Waals surface area contributed by atoms with Gasteiger partial charge in [-0.25, -0.2) is 4.79 Å². The predicted molar refractivity (Wildman–Crippen MR) is 71.3 cm³/mol. The van der Waals surface area contributed by atoms with E-state index in [1.54, 1.807) is 6.92 Å². The van der Waals surface area contributed by atoms with Crippen molar-refractivity contribution in [1.29, 1.82) is 0 Å². The van der Waals surface area contributed by atoms with Gasteiger partial charge in [0.1, 0.15) is 13.1 Å². The molecular weight excluding hydrogens is 278 g/mol. The molecule has 0 aromatic rings. The van der Waals surface area contributed by atoms with E-state index in [2.05, 4.69) is 0 Å². The van der Waals surface area contributed by atoms with Crippen LogP contribution in [0.15, 0.2) is 0 Å². The Morgan fingerprint density at radius 2 is 2.00 bits per heavy atom. The number of nitrogens with zero attached hydrogens (tertiary/aromatic N) is 3. The van der Waals surface area contributed by atoms with Crippen molar-refractivity contribution < 1.29 is 24.3 Å². The lowest BCUT2D eigenvalue weighted by Gasteiger charge is -2.24. The molecule has 1 N–H and O–H groups in total. The van der Waals surface area contributed by atoms with E-state index < -0.39 is 23.3 Å². The number of carboxylic acids is 1. The highest BCUT2D eigenvalue weighted by molar-refractivity contribution is 6.04. The van der Waals surface area contributed by atoms with Crippen LogP contribution in [0, 0.1) is 5.41 Å². The molecule has 2 rings (SSSR count). The Bertz CT molecular complexity index is 506. The Morgan fingerprint density at radius 3 is 2.43 bits per heavy atom. The van der Waals surface area contributed by atoms with Crippen molar-refractivity contribution >= 4 is 23.8 Å². The summed E-state index contributed by atoms with van der Waals surface area (Å²) in [4.78, 5) is 50.5. The molecule has 1 unspecified atom stereocenters. The van der Waals surface area contributed by atoms with Crippen molar-refractivity contribution in [2.75, 3.05) is 33.2 Å². The van der Waals surface area contributed by atoms with Crippen LogP contribution in [0.5, 0.6) is 0 Å². The number of hydrogen-bond acceptors (Lipinski definition) is 4. The van der Waals surface area contributed by atoms with Gasteiger partial charge in [0.25, 0.3) is 5.91 Å². The number of carbonyl (C=O) groups excluding carboxylic acids is 3. The third kappa shape index (κ3) is 2.57. The second-order valence-electron chi connectivity index (χ2n) is 5.62. The zero-order chi connectivity index (χ0) is 15.8. The summed E-state index contributed by atoms with van der Waals surface area (Å²) in [5.74, 6) is -1.70. The van der Waals surface area contributed by atoms with Gasteiger partial charge < -0.3 is 14.9 Å². The highest BCUT2D eigenvalue weighted by atomic mass is 16.4. The van der Waals surface area contributed by atoms with Crippen molar-refractivity contribution in [2.45, 2.75) is 19.8 Å².